The maximum Gasteiger partial charge on any atom is 0.432 e. The average molecular weight is 241 g/mol. The van der Waals surface area contributed by atoms with Gasteiger partial charge >= 0.3 is 6.09 Å². The normalized spacial score (nSPS) is 17.2. The molecule has 0 unspecified atom stereocenters. The third kappa shape index (κ3) is 2.38. The highest BCUT2D eigenvalue weighted by atomic mass is 35.5. The first kappa shape index (κ1) is 10.6. The predicted octanol–water partition coefficient (Wildman–Crippen LogP) is 2.15. The molecule has 0 spiro atoms. The number of benzene rings is 1. The zero-order valence-electron chi connectivity index (χ0n) is 8.41. The maximum atomic E-state index is 10.8. The van der Waals surface area contributed by atoms with Crippen LogP contribution in [0.3, 0.4) is 0 Å². The van der Waals surface area contributed by atoms with Crippen LogP contribution in [0.1, 0.15) is 6.92 Å². The number of amides is 1. The van der Waals surface area contributed by atoms with Crippen LogP contribution >= 0.6 is 11.6 Å². The van der Waals surface area contributed by atoms with Gasteiger partial charge in [-0.15, -0.1) is 0 Å². The molecule has 0 atom stereocenters. The number of hydrogen-bond donors (Lipinski definition) is 2. The van der Waals surface area contributed by atoms with Gasteiger partial charge in [0.05, 0.1) is 0 Å². The van der Waals surface area contributed by atoms with Gasteiger partial charge in [0.25, 0.3) is 5.88 Å². The summed E-state index contributed by atoms with van der Waals surface area (Å²) in [5, 5.41) is 0.629. The molecule has 1 saturated heterocycles. The van der Waals surface area contributed by atoms with E-state index < -0.39 is 6.09 Å². The van der Waals surface area contributed by atoms with Crippen LogP contribution in [-0.4, -0.2) is 6.09 Å². The molecule has 1 heterocycles. The highest BCUT2D eigenvalue weighted by molar-refractivity contribution is 6.30. The first-order valence-electron chi connectivity index (χ1n) is 4.53. The molecule has 0 radical (unpaired) electrons. The van der Waals surface area contributed by atoms with Gasteiger partial charge in [-0.1, -0.05) is 11.6 Å². The topological polar surface area (TPSA) is 59.6 Å². The predicted molar refractivity (Wildman–Crippen MR) is 57.5 cm³/mol. The Morgan fingerprint density at radius 3 is 2.56 bits per heavy atom. The molecule has 0 aliphatic carbocycles. The van der Waals surface area contributed by atoms with Crippen LogP contribution in [0.15, 0.2) is 35.9 Å². The molecule has 6 heteroatoms. The van der Waals surface area contributed by atoms with Crippen molar-refractivity contribution < 1.29 is 14.3 Å². The lowest BCUT2D eigenvalue weighted by molar-refractivity contribution is 0.191. The molecule has 1 amide bonds. The van der Waals surface area contributed by atoms with Crippen molar-refractivity contribution in [1.29, 1.82) is 0 Å². The number of allylic oxidation sites excluding steroid dienone is 1. The lowest BCUT2D eigenvalue weighted by atomic mass is 10.3. The van der Waals surface area contributed by atoms with Crippen molar-refractivity contribution in [2.45, 2.75) is 6.92 Å². The van der Waals surface area contributed by atoms with E-state index in [1.807, 2.05) is 0 Å². The van der Waals surface area contributed by atoms with Gasteiger partial charge in [0.2, 0.25) is 0 Å². The zero-order valence-corrected chi connectivity index (χ0v) is 9.17. The standard InChI is InChI=1S/C10H9ClN2O3/c1-6(9-12-13-10(14)16-9)15-8-4-2-7(11)3-5-8/h2-5,12H,1H3,(H,13,14)/b9-6-. The highest BCUT2D eigenvalue weighted by Gasteiger charge is 2.18. The molecule has 2 rings (SSSR count). The Bertz CT molecular complexity index is 442. The molecular formula is C10H9ClN2O3. The van der Waals surface area contributed by atoms with Gasteiger partial charge in [0.15, 0.2) is 5.76 Å². The number of hydrazine groups is 1. The van der Waals surface area contributed by atoms with Gasteiger partial charge in [-0.3, -0.25) is 5.43 Å². The molecule has 1 aliphatic rings. The fourth-order valence-electron chi connectivity index (χ4n) is 1.14. The van der Waals surface area contributed by atoms with Crippen molar-refractivity contribution in [2.75, 3.05) is 0 Å². The van der Waals surface area contributed by atoms with Gasteiger partial charge in [-0.25, -0.2) is 10.2 Å². The van der Waals surface area contributed by atoms with Gasteiger partial charge in [0, 0.05) is 5.02 Å². The first-order chi connectivity index (χ1) is 7.65. The van der Waals surface area contributed by atoms with Crippen molar-refractivity contribution in [3.05, 3.63) is 40.9 Å². The summed E-state index contributed by atoms with van der Waals surface area (Å²) >= 11 is 5.74. The summed E-state index contributed by atoms with van der Waals surface area (Å²) in [4.78, 5) is 10.8. The second-order valence-corrected chi connectivity index (χ2v) is 3.52. The van der Waals surface area contributed by atoms with Crippen LogP contribution in [-0.2, 0) is 4.74 Å². The molecule has 0 saturated carbocycles. The van der Waals surface area contributed by atoms with E-state index in [1.54, 1.807) is 31.2 Å². The zero-order chi connectivity index (χ0) is 11.5. The van der Waals surface area contributed by atoms with Gasteiger partial charge < -0.3 is 9.47 Å². The Morgan fingerprint density at radius 2 is 2.00 bits per heavy atom. The van der Waals surface area contributed by atoms with Gasteiger partial charge in [0.1, 0.15) is 5.75 Å². The van der Waals surface area contributed by atoms with E-state index in [4.69, 9.17) is 21.1 Å². The SMILES string of the molecule is C/C(Oc1ccc(Cl)cc1)=C1\NNC(=O)O1. The number of nitrogens with one attached hydrogen (secondary N) is 2. The van der Waals surface area contributed by atoms with E-state index in [-0.39, 0.29) is 5.88 Å². The Morgan fingerprint density at radius 1 is 1.31 bits per heavy atom. The minimum absolute atomic E-state index is 0.250. The van der Waals surface area contributed by atoms with Crippen molar-refractivity contribution in [3.63, 3.8) is 0 Å². The van der Waals surface area contributed by atoms with Crippen LogP contribution < -0.4 is 15.6 Å². The smallest absolute Gasteiger partial charge is 0.432 e. The fraction of sp³-hybridized carbons (Fsp3) is 0.100. The molecule has 1 aromatic rings. The van der Waals surface area contributed by atoms with E-state index in [1.165, 1.54) is 0 Å². The second kappa shape index (κ2) is 4.32. The van der Waals surface area contributed by atoms with Gasteiger partial charge in [-0.05, 0) is 31.2 Å². The molecular weight excluding hydrogens is 232 g/mol. The summed E-state index contributed by atoms with van der Waals surface area (Å²) in [6.45, 7) is 1.68. The Hall–Kier alpha value is -1.88. The fourth-order valence-corrected chi connectivity index (χ4v) is 1.26. The molecule has 16 heavy (non-hydrogen) atoms. The van der Waals surface area contributed by atoms with Crippen molar-refractivity contribution in [2.24, 2.45) is 0 Å². The van der Waals surface area contributed by atoms with Crippen LogP contribution in [0.4, 0.5) is 4.79 Å². The van der Waals surface area contributed by atoms with Crippen LogP contribution in [0.5, 0.6) is 5.75 Å². The number of rotatable bonds is 2. The quantitative estimate of drug-likeness (QED) is 0.778. The third-order valence-corrected chi connectivity index (χ3v) is 2.13. The number of halogens is 1. The Kier molecular flexibility index (Phi) is 2.87. The van der Waals surface area contributed by atoms with Crippen molar-refractivity contribution in [1.82, 2.24) is 10.9 Å². The number of cyclic esters (lactones) is 1. The molecule has 1 aliphatic heterocycles. The molecule has 5 nitrogen and oxygen atoms in total. The second-order valence-electron chi connectivity index (χ2n) is 3.08. The molecule has 0 bridgehead atoms. The lowest BCUT2D eigenvalue weighted by Crippen LogP contribution is -2.24. The maximum absolute atomic E-state index is 10.8. The average Bonchev–Trinajstić information content (AvgIpc) is 2.68. The van der Waals surface area contributed by atoms with E-state index in [0.717, 1.165) is 0 Å². The molecule has 1 fully saturated rings. The van der Waals surface area contributed by atoms with Crippen molar-refractivity contribution in [3.8, 4) is 5.75 Å². The monoisotopic (exact) mass is 240 g/mol. The molecule has 84 valence electrons. The molecule has 0 aromatic heterocycles. The minimum atomic E-state index is -0.561. The summed E-state index contributed by atoms with van der Waals surface area (Å²) in [5.41, 5.74) is 4.82. The Balaban J connectivity index is 2.10. The summed E-state index contributed by atoms with van der Waals surface area (Å²) in [5.74, 6) is 1.31. The number of carbonyl (C=O) groups excluding carboxylic acids is 1. The minimum Gasteiger partial charge on any atom is -0.456 e. The van der Waals surface area contributed by atoms with E-state index in [2.05, 4.69) is 10.9 Å². The summed E-state index contributed by atoms with van der Waals surface area (Å²) < 4.78 is 10.2. The van der Waals surface area contributed by atoms with E-state index in [0.29, 0.717) is 16.5 Å². The number of ether oxygens (including phenoxy) is 2. The van der Waals surface area contributed by atoms with E-state index in [9.17, 15) is 4.79 Å². The summed E-state index contributed by atoms with van der Waals surface area (Å²) in [6, 6.07) is 6.86. The first-order valence-corrected chi connectivity index (χ1v) is 4.91. The van der Waals surface area contributed by atoms with Crippen LogP contribution in [0.25, 0.3) is 0 Å². The largest absolute Gasteiger partial charge is 0.456 e. The summed E-state index contributed by atoms with van der Waals surface area (Å²) in [6.07, 6.45) is -0.561. The molecule has 1 aromatic carbocycles. The van der Waals surface area contributed by atoms with Crippen molar-refractivity contribution >= 4 is 17.7 Å². The lowest BCUT2D eigenvalue weighted by Gasteiger charge is -2.07. The highest BCUT2D eigenvalue weighted by Crippen LogP contribution is 2.19. The van der Waals surface area contributed by atoms with Crippen LogP contribution in [0, 0.1) is 0 Å². The number of carbonyl (C=O) groups is 1. The molecule has 2 N–H and O–H groups in total. The van der Waals surface area contributed by atoms with E-state index >= 15 is 0 Å². The van der Waals surface area contributed by atoms with Crippen LogP contribution in [0.2, 0.25) is 5.02 Å². The van der Waals surface area contributed by atoms with Gasteiger partial charge in [-0.2, -0.15) is 0 Å². The third-order valence-electron chi connectivity index (χ3n) is 1.88. The number of hydrogen-bond acceptors (Lipinski definition) is 4. The summed E-state index contributed by atoms with van der Waals surface area (Å²) in [7, 11) is 0. The Labute approximate surface area is 97.0 Å².